The van der Waals surface area contributed by atoms with Gasteiger partial charge in [0.2, 0.25) is 0 Å². The van der Waals surface area contributed by atoms with Gasteiger partial charge in [-0.15, -0.1) is 5.10 Å². The van der Waals surface area contributed by atoms with Gasteiger partial charge < -0.3 is 24.1 Å². The van der Waals surface area contributed by atoms with E-state index in [4.69, 9.17) is 42.1 Å². The molecule has 44 heavy (non-hydrogen) atoms. The number of carboxylic acids is 1. The molecule has 230 valence electrons. The van der Waals surface area contributed by atoms with Gasteiger partial charge in [-0.05, 0) is 30.3 Å². The van der Waals surface area contributed by atoms with Crippen LogP contribution in [0.25, 0.3) is 11.3 Å². The molecule has 9 nitrogen and oxygen atoms in total. The molecule has 0 bridgehead atoms. The van der Waals surface area contributed by atoms with Crippen molar-refractivity contribution < 1.29 is 42.0 Å². The highest BCUT2D eigenvalue weighted by atomic mass is 35.5. The second-order valence-electron chi connectivity index (χ2n) is 9.91. The maximum absolute atomic E-state index is 14.0. The molecule has 3 aromatic carbocycles. The molecular weight excluding hydrogens is 646 g/mol. The summed E-state index contributed by atoms with van der Waals surface area (Å²) in [6, 6.07) is 14.9. The van der Waals surface area contributed by atoms with E-state index in [1.54, 1.807) is 18.2 Å². The highest BCUT2D eigenvalue weighted by Gasteiger charge is 2.52. The number of halogens is 5. The van der Waals surface area contributed by atoms with Crippen molar-refractivity contribution in [1.29, 1.82) is 0 Å². The maximum atomic E-state index is 14.0. The number of carboxylic acid groups (broad SMARTS) is 1. The standard InChI is InChI=1S/C29H22Cl2F3N3O6S/c30-17-7-6-16(10-18(17)31)44-29-27(40-13-23(38)39)25(26-22(42-29)12-41-28(43-26)14-4-2-1-3-5-14)37-11-21(35-36-37)15-8-19(32)24(34)20(33)9-15/h1-11,22,25-29H,12-13H2,(H,38,39)/t22-,25+,26+,27-,28?,29-/m1/s1. The predicted molar refractivity (Wildman–Crippen MR) is 153 cm³/mol. The molecule has 0 aliphatic carbocycles. The number of aliphatic carboxylic acids is 1. The van der Waals surface area contributed by atoms with Gasteiger partial charge in [-0.3, -0.25) is 0 Å². The number of ether oxygens (including phenoxy) is 4. The minimum Gasteiger partial charge on any atom is -0.480 e. The Morgan fingerprint density at radius 2 is 1.80 bits per heavy atom. The molecule has 2 fully saturated rings. The quantitative estimate of drug-likeness (QED) is 0.216. The normalized spacial score (nSPS) is 25.0. The van der Waals surface area contributed by atoms with Crippen molar-refractivity contribution in [2.75, 3.05) is 13.2 Å². The number of thioether (sulfide) groups is 1. The average molecular weight is 668 g/mol. The SMILES string of the molecule is O=C(O)CO[C@@H]1[C@@H](n2cc(-c3cc(F)c(F)c(F)c3)nn2)[C@H]2OC(c3ccccc3)OC[C@H]2O[C@@H]1Sc1ccc(Cl)c(Cl)c1. The molecule has 6 rings (SSSR count). The van der Waals surface area contributed by atoms with Crippen molar-refractivity contribution in [2.24, 2.45) is 0 Å². The van der Waals surface area contributed by atoms with Crippen LogP contribution in [0.15, 0.2) is 71.8 Å². The molecule has 2 aliphatic rings. The van der Waals surface area contributed by atoms with Crippen LogP contribution in [0.4, 0.5) is 13.2 Å². The highest BCUT2D eigenvalue weighted by molar-refractivity contribution is 7.99. The van der Waals surface area contributed by atoms with E-state index in [1.165, 1.54) is 22.6 Å². The molecule has 1 N–H and O–H groups in total. The fourth-order valence-corrected chi connectivity index (χ4v) is 6.56. The van der Waals surface area contributed by atoms with Crippen LogP contribution in [0.5, 0.6) is 0 Å². The number of hydrogen-bond acceptors (Lipinski definition) is 8. The van der Waals surface area contributed by atoms with Gasteiger partial charge in [0.05, 0.1) is 22.8 Å². The lowest BCUT2D eigenvalue weighted by Crippen LogP contribution is -2.59. The second-order valence-corrected chi connectivity index (χ2v) is 11.9. The first-order valence-electron chi connectivity index (χ1n) is 13.2. The van der Waals surface area contributed by atoms with Crippen LogP contribution >= 0.6 is 35.0 Å². The van der Waals surface area contributed by atoms with Crippen LogP contribution in [0.1, 0.15) is 17.9 Å². The van der Waals surface area contributed by atoms with E-state index < -0.39 is 66.1 Å². The minimum absolute atomic E-state index is 0.0307. The lowest BCUT2D eigenvalue weighted by atomic mass is 9.95. The van der Waals surface area contributed by atoms with E-state index in [2.05, 4.69) is 10.3 Å². The molecule has 0 amide bonds. The average Bonchev–Trinajstić information content (AvgIpc) is 3.50. The Morgan fingerprint density at radius 3 is 2.50 bits per heavy atom. The second kappa shape index (κ2) is 13.1. The molecule has 2 aliphatic heterocycles. The maximum Gasteiger partial charge on any atom is 0.329 e. The lowest BCUT2D eigenvalue weighted by Gasteiger charge is -2.49. The van der Waals surface area contributed by atoms with Crippen LogP contribution < -0.4 is 0 Å². The first-order valence-corrected chi connectivity index (χ1v) is 14.8. The number of nitrogens with zero attached hydrogens (tertiary/aromatic N) is 3. The predicted octanol–water partition coefficient (Wildman–Crippen LogP) is 6.31. The Kier molecular flexibility index (Phi) is 9.15. The van der Waals surface area contributed by atoms with Crippen molar-refractivity contribution in [3.05, 3.63) is 99.9 Å². The van der Waals surface area contributed by atoms with Crippen LogP contribution in [0.3, 0.4) is 0 Å². The summed E-state index contributed by atoms with van der Waals surface area (Å²) in [6.45, 7) is -0.588. The third-order valence-electron chi connectivity index (χ3n) is 7.02. The molecule has 1 unspecified atom stereocenters. The highest BCUT2D eigenvalue weighted by Crippen LogP contribution is 2.45. The molecule has 0 spiro atoms. The van der Waals surface area contributed by atoms with Crippen LogP contribution in [-0.2, 0) is 23.7 Å². The monoisotopic (exact) mass is 667 g/mol. The summed E-state index contributed by atoms with van der Waals surface area (Å²) in [4.78, 5) is 12.3. The molecule has 4 aromatic rings. The van der Waals surface area contributed by atoms with Crippen LogP contribution in [0.2, 0.25) is 10.0 Å². The molecule has 6 atom stereocenters. The summed E-state index contributed by atoms with van der Waals surface area (Å²) in [5.74, 6) is -5.61. The Balaban J connectivity index is 1.40. The Labute approximate surface area is 262 Å². The van der Waals surface area contributed by atoms with Crippen LogP contribution in [0, 0.1) is 17.5 Å². The molecule has 0 radical (unpaired) electrons. The minimum atomic E-state index is -1.61. The van der Waals surface area contributed by atoms with E-state index in [-0.39, 0.29) is 17.9 Å². The fourth-order valence-electron chi connectivity index (χ4n) is 5.03. The van der Waals surface area contributed by atoms with Gasteiger partial charge in [-0.25, -0.2) is 22.6 Å². The van der Waals surface area contributed by atoms with Gasteiger partial charge >= 0.3 is 5.97 Å². The smallest absolute Gasteiger partial charge is 0.329 e. The van der Waals surface area contributed by atoms with E-state index >= 15 is 0 Å². The zero-order valence-electron chi connectivity index (χ0n) is 22.4. The van der Waals surface area contributed by atoms with Gasteiger partial charge in [0, 0.05) is 16.0 Å². The summed E-state index contributed by atoms with van der Waals surface area (Å²) in [7, 11) is 0. The van der Waals surface area contributed by atoms with Gasteiger partial charge in [-0.2, -0.15) is 0 Å². The molecule has 1 aromatic heterocycles. The van der Waals surface area contributed by atoms with Gasteiger partial charge in [0.25, 0.3) is 0 Å². The summed E-state index contributed by atoms with van der Waals surface area (Å²) >= 11 is 13.5. The fraction of sp³-hybridized carbons (Fsp3) is 0.276. The zero-order valence-corrected chi connectivity index (χ0v) is 24.7. The van der Waals surface area contributed by atoms with Crippen molar-refractivity contribution in [3.63, 3.8) is 0 Å². The number of carbonyl (C=O) groups is 1. The van der Waals surface area contributed by atoms with E-state index in [9.17, 15) is 23.1 Å². The largest absolute Gasteiger partial charge is 0.480 e. The molecular formula is C29H22Cl2F3N3O6S. The van der Waals surface area contributed by atoms with Crippen molar-refractivity contribution in [1.82, 2.24) is 15.0 Å². The van der Waals surface area contributed by atoms with Gasteiger partial charge in [-0.1, -0.05) is 70.5 Å². The molecule has 0 saturated carbocycles. The summed E-state index contributed by atoms with van der Waals surface area (Å²) in [5.41, 5.74) is -0.137. The molecule has 15 heteroatoms. The Hall–Kier alpha value is -3.17. The lowest BCUT2D eigenvalue weighted by molar-refractivity contribution is -0.309. The Morgan fingerprint density at radius 1 is 1.05 bits per heavy atom. The van der Waals surface area contributed by atoms with E-state index in [1.807, 2.05) is 30.3 Å². The summed E-state index contributed by atoms with van der Waals surface area (Å²) in [6.07, 6.45) is -1.91. The number of rotatable bonds is 8. The zero-order chi connectivity index (χ0) is 31.0. The summed E-state index contributed by atoms with van der Waals surface area (Å²) in [5, 5.41) is 18.4. The van der Waals surface area contributed by atoms with Crippen molar-refractivity contribution in [3.8, 4) is 11.3 Å². The van der Waals surface area contributed by atoms with Gasteiger partial charge in [0.1, 0.15) is 42.1 Å². The topological polar surface area (TPSA) is 105 Å². The van der Waals surface area contributed by atoms with E-state index in [0.717, 1.165) is 17.7 Å². The first-order chi connectivity index (χ1) is 21.2. The van der Waals surface area contributed by atoms with Crippen molar-refractivity contribution >= 4 is 40.9 Å². The molecule has 3 heterocycles. The summed E-state index contributed by atoms with van der Waals surface area (Å²) < 4.78 is 67.8. The number of aromatic nitrogens is 3. The van der Waals surface area contributed by atoms with E-state index in [0.29, 0.717) is 14.9 Å². The number of benzene rings is 3. The van der Waals surface area contributed by atoms with Gasteiger partial charge in [0.15, 0.2) is 23.7 Å². The number of hydrogen-bond donors (Lipinski definition) is 1. The van der Waals surface area contributed by atoms with Crippen molar-refractivity contribution in [2.45, 2.75) is 41.0 Å². The molecule has 2 saturated heterocycles. The van der Waals surface area contributed by atoms with Crippen LogP contribution in [-0.4, -0.2) is 63.0 Å². The third-order valence-corrected chi connectivity index (χ3v) is 8.90. The Bertz CT molecular complexity index is 1650. The number of fused-ring (bicyclic) bond motifs is 1. The first kappa shape index (κ1) is 30.8. The third kappa shape index (κ3) is 6.45.